The molecule has 0 saturated carbocycles. The van der Waals surface area contributed by atoms with Crippen LogP contribution in [-0.2, 0) is 9.53 Å². The van der Waals surface area contributed by atoms with Gasteiger partial charge in [-0.15, -0.1) is 0 Å². The number of rotatable bonds is 4. The molecule has 1 rings (SSSR count). The van der Waals surface area contributed by atoms with Crippen molar-refractivity contribution in [2.45, 2.75) is 6.92 Å². The number of halogens is 1. The van der Waals surface area contributed by atoms with Gasteiger partial charge in [0.05, 0.1) is 6.61 Å². The Bertz CT molecular complexity index is 379. The molecule has 0 aliphatic rings. The third kappa shape index (κ3) is 3.71. The summed E-state index contributed by atoms with van der Waals surface area (Å²) in [5.74, 6) is -0.371. The molecule has 0 aliphatic heterocycles. The molecule has 0 bridgehead atoms. The monoisotopic (exact) mass is 271 g/mol. The second kappa shape index (κ2) is 5.50. The van der Waals surface area contributed by atoms with Crippen molar-refractivity contribution >= 4 is 21.9 Å². The molecule has 0 amide bonds. The smallest absolute Gasteiger partial charge is 0.373 e. The van der Waals surface area contributed by atoms with E-state index in [1.807, 2.05) is 0 Å². The normalized spacial score (nSPS) is 9.47. The zero-order chi connectivity index (χ0) is 11.3. The Balaban J connectivity index is 2.62. The van der Waals surface area contributed by atoms with Gasteiger partial charge in [0.15, 0.2) is 0 Å². The third-order valence-corrected chi connectivity index (χ3v) is 1.86. The lowest BCUT2D eigenvalue weighted by Crippen LogP contribution is -2.11. The summed E-state index contributed by atoms with van der Waals surface area (Å²) in [4.78, 5) is 15.1. The van der Waals surface area contributed by atoms with Crippen LogP contribution in [0.4, 0.5) is 0 Å². The lowest BCUT2D eigenvalue weighted by molar-refractivity contribution is -0.141. The summed E-state index contributed by atoms with van der Waals surface area (Å²) in [6.07, 6.45) is 0. The molecule has 0 radical (unpaired) electrons. The van der Waals surface area contributed by atoms with Gasteiger partial charge in [-0.2, -0.15) is 0 Å². The van der Waals surface area contributed by atoms with Gasteiger partial charge in [0.2, 0.25) is 11.6 Å². The van der Waals surface area contributed by atoms with Crippen molar-refractivity contribution < 1.29 is 14.3 Å². The molecule has 0 fully saturated rings. The molecule has 0 spiro atoms. The first kappa shape index (κ1) is 11.7. The second-order valence-electron chi connectivity index (χ2n) is 2.54. The third-order valence-electron chi connectivity index (χ3n) is 1.42. The minimum absolute atomic E-state index is 0.0811. The summed E-state index contributed by atoms with van der Waals surface area (Å²) in [6, 6.07) is 5.11. The molecular formula is C10H10BrNO3. The van der Waals surface area contributed by atoms with Crippen LogP contribution in [0.5, 0.6) is 5.88 Å². The highest BCUT2D eigenvalue weighted by Gasteiger charge is 2.10. The predicted octanol–water partition coefficient (Wildman–Crippen LogP) is 2.30. The largest absolute Gasteiger partial charge is 0.460 e. The van der Waals surface area contributed by atoms with Crippen molar-refractivity contribution in [2.75, 3.05) is 6.61 Å². The fraction of sp³-hybridized carbons (Fsp3) is 0.200. The van der Waals surface area contributed by atoms with E-state index in [0.717, 1.165) is 0 Å². The van der Waals surface area contributed by atoms with E-state index in [1.54, 1.807) is 25.1 Å². The maximum absolute atomic E-state index is 11.1. The van der Waals surface area contributed by atoms with E-state index in [4.69, 9.17) is 9.47 Å². The Morgan fingerprint density at radius 2 is 2.33 bits per heavy atom. The van der Waals surface area contributed by atoms with E-state index in [2.05, 4.69) is 27.5 Å². The SMILES string of the molecule is C=C(Oc1cccc(Br)n1)C(=O)OCC. The molecule has 15 heavy (non-hydrogen) atoms. The number of nitrogens with zero attached hydrogens (tertiary/aromatic N) is 1. The predicted molar refractivity (Wildman–Crippen MR) is 58.3 cm³/mol. The quantitative estimate of drug-likeness (QED) is 0.365. The van der Waals surface area contributed by atoms with Crippen LogP contribution >= 0.6 is 15.9 Å². The van der Waals surface area contributed by atoms with E-state index in [9.17, 15) is 4.79 Å². The number of esters is 1. The van der Waals surface area contributed by atoms with E-state index in [-0.39, 0.29) is 12.4 Å². The lowest BCUT2D eigenvalue weighted by atomic mass is 10.5. The van der Waals surface area contributed by atoms with Gasteiger partial charge < -0.3 is 9.47 Å². The van der Waals surface area contributed by atoms with Crippen molar-refractivity contribution in [1.82, 2.24) is 4.98 Å². The molecule has 0 saturated heterocycles. The van der Waals surface area contributed by atoms with E-state index < -0.39 is 5.97 Å². The Hall–Kier alpha value is -1.36. The highest BCUT2D eigenvalue weighted by Crippen LogP contribution is 2.14. The standard InChI is InChI=1S/C10H10BrNO3/c1-3-14-10(13)7(2)15-9-6-4-5-8(11)12-9/h4-6H,2-3H2,1H3. The van der Waals surface area contributed by atoms with E-state index in [0.29, 0.717) is 10.5 Å². The van der Waals surface area contributed by atoms with Crippen LogP contribution < -0.4 is 4.74 Å². The first-order valence-corrected chi connectivity index (χ1v) is 5.09. The molecule has 0 atom stereocenters. The van der Waals surface area contributed by atoms with Gasteiger partial charge in [-0.1, -0.05) is 6.07 Å². The van der Waals surface area contributed by atoms with Crippen molar-refractivity contribution in [3.63, 3.8) is 0 Å². The Morgan fingerprint density at radius 1 is 1.60 bits per heavy atom. The van der Waals surface area contributed by atoms with Crippen molar-refractivity contribution in [3.8, 4) is 5.88 Å². The number of carbonyl (C=O) groups excluding carboxylic acids is 1. The Kier molecular flexibility index (Phi) is 4.30. The number of carbonyl (C=O) groups is 1. The average Bonchev–Trinajstić information content (AvgIpc) is 2.18. The number of hydrogen-bond donors (Lipinski definition) is 0. The molecule has 0 unspecified atom stereocenters. The van der Waals surface area contributed by atoms with Gasteiger partial charge in [0, 0.05) is 6.07 Å². The molecule has 1 heterocycles. The van der Waals surface area contributed by atoms with Gasteiger partial charge >= 0.3 is 5.97 Å². The Morgan fingerprint density at radius 3 is 2.93 bits per heavy atom. The molecule has 0 aromatic carbocycles. The van der Waals surface area contributed by atoms with Gasteiger partial charge in [0.25, 0.3) is 0 Å². The van der Waals surface area contributed by atoms with Crippen molar-refractivity contribution in [2.24, 2.45) is 0 Å². The van der Waals surface area contributed by atoms with E-state index >= 15 is 0 Å². The highest BCUT2D eigenvalue weighted by atomic mass is 79.9. The minimum Gasteiger partial charge on any atom is -0.460 e. The van der Waals surface area contributed by atoms with E-state index in [1.165, 1.54) is 0 Å². The average molecular weight is 272 g/mol. The van der Waals surface area contributed by atoms with Gasteiger partial charge in [-0.3, -0.25) is 0 Å². The molecule has 1 aromatic rings. The lowest BCUT2D eigenvalue weighted by Gasteiger charge is -2.06. The summed E-state index contributed by atoms with van der Waals surface area (Å²) < 4.78 is 10.4. The van der Waals surface area contributed by atoms with Crippen LogP contribution in [0.1, 0.15) is 6.92 Å². The summed E-state index contributed by atoms with van der Waals surface area (Å²) >= 11 is 3.18. The zero-order valence-electron chi connectivity index (χ0n) is 8.20. The van der Waals surface area contributed by atoms with Gasteiger partial charge in [0.1, 0.15) is 4.60 Å². The first-order valence-electron chi connectivity index (χ1n) is 4.30. The molecular weight excluding hydrogens is 262 g/mol. The summed E-state index contributed by atoms with van der Waals surface area (Å²) in [5.41, 5.74) is 0. The van der Waals surface area contributed by atoms with Crippen molar-refractivity contribution in [1.29, 1.82) is 0 Å². The molecule has 4 nitrogen and oxygen atoms in total. The fourth-order valence-corrected chi connectivity index (χ4v) is 1.15. The molecule has 5 heteroatoms. The summed E-state index contributed by atoms with van der Waals surface area (Å²) in [5, 5.41) is 0. The van der Waals surface area contributed by atoms with Crippen LogP contribution in [0, 0.1) is 0 Å². The maximum atomic E-state index is 11.1. The van der Waals surface area contributed by atoms with Gasteiger partial charge in [-0.25, -0.2) is 9.78 Å². The highest BCUT2D eigenvalue weighted by molar-refractivity contribution is 9.10. The number of aromatic nitrogens is 1. The van der Waals surface area contributed by atoms with Crippen LogP contribution in [-0.4, -0.2) is 17.6 Å². The topological polar surface area (TPSA) is 48.4 Å². The zero-order valence-corrected chi connectivity index (χ0v) is 9.78. The molecule has 80 valence electrons. The van der Waals surface area contributed by atoms with Crippen LogP contribution in [0.25, 0.3) is 0 Å². The second-order valence-corrected chi connectivity index (χ2v) is 3.36. The van der Waals surface area contributed by atoms with Crippen LogP contribution in [0.2, 0.25) is 0 Å². The number of ether oxygens (including phenoxy) is 2. The number of pyridine rings is 1. The summed E-state index contributed by atoms with van der Waals surface area (Å²) in [6.45, 7) is 5.44. The summed E-state index contributed by atoms with van der Waals surface area (Å²) in [7, 11) is 0. The fourth-order valence-electron chi connectivity index (χ4n) is 0.826. The Labute approximate surface area is 96.0 Å². The van der Waals surface area contributed by atoms with Crippen LogP contribution in [0.15, 0.2) is 35.1 Å². The molecule has 0 aliphatic carbocycles. The molecule has 1 aromatic heterocycles. The maximum Gasteiger partial charge on any atom is 0.373 e. The van der Waals surface area contributed by atoms with Crippen LogP contribution in [0.3, 0.4) is 0 Å². The van der Waals surface area contributed by atoms with Crippen molar-refractivity contribution in [3.05, 3.63) is 35.1 Å². The van der Waals surface area contributed by atoms with Gasteiger partial charge in [-0.05, 0) is 35.5 Å². The molecule has 0 N–H and O–H groups in total. The number of hydrogen-bond acceptors (Lipinski definition) is 4. The minimum atomic E-state index is -0.584. The first-order chi connectivity index (χ1) is 7.13.